The molecule has 0 aromatic heterocycles. The van der Waals surface area contributed by atoms with Gasteiger partial charge >= 0.3 is 5.97 Å². The van der Waals surface area contributed by atoms with Crippen LogP contribution in [0.25, 0.3) is 6.08 Å². The number of halogens is 2. The van der Waals surface area contributed by atoms with E-state index in [0.29, 0.717) is 15.6 Å². The Morgan fingerprint density at radius 2 is 1.64 bits per heavy atom. The van der Waals surface area contributed by atoms with Gasteiger partial charge in [-0.25, -0.2) is 4.79 Å². The fourth-order valence-electron chi connectivity index (χ4n) is 3.30. The van der Waals surface area contributed by atoms with Crippen LogP contribution in [-0.2, 0) is 9.53 Å². The lowest BCUT2D eigenvalue weighted by Crippen LogP contribution is -2.28. The van der Waals surface area contributed by atoms with Crippen molar-refractivity contribution in [2.75, 3.05) is 0 Å². The maximum atomic E-state index is 13.1. The number of allylic oxidation sites excluding steroid dienone is 2. The quantitative estimate of drug-likeness (QED) is 0.235. The van der Waals surface area contributed by atoms with Crippen LogP contribution in [-0.4, -0.2) is 33.9 Å². The number of carbonyl (C=O) groups is 3. The summed E-state index contributed by atoms with van der Waals surface area (Å²) in [4.78, 5) is 38.3. The number of aromatic hydroxyl groups is 2. The van der Waals surface area contributed by atoms with Crippen molar-refractivity contribution < 1.29 is 29.3 Å². The molecule has 0 aliphatic heterocycles. The lowest BCUT2D eigenvalue weighted by Gasteiger charge is -2.23. The Balaban J connectivity index is 1.93. The maximum absolute atomic E-state index is 13.1. The second kappa shape index (κ2) is 10.1. The normalized spacial score (nSPS) is 14.0. The van der Waals surface area contributed by atoms with Crippen molar-refractivity contribution in [3.63, 3.8) is 0 Å². The van der Waals surface area contributed by atoms with E-state index in [2.05, 4.69) is 0 Å². The molecule has 0 unspecified atom stereocenters. The van der Waals surface area contributed by atoms with Gasteiger partial charge in [-0.1, -0.05) is 40.9 Å². The van der Waals surface area contributed by atoms with E-state index < -0.39 is 35.1 Å². The average molecular weight is 487 g/mol. The van der Waals surface area contributed by atoms with E-state index in [-0.39, 0.29) is 23.1 Å². The zero-order chi connectivity index (χ0) is 24.3. The minimum Gasteiger partial charge on any atom is -0.507 e. The zero-order valence-electron chi connectivity index (χ0n) is 17.8. The molecule has 0 saturated carbocycles. The molecule has 8 heteroatoms. The van der Waals surface area contributed by atoms with Gasteiger partial charge in [0.15, 0.2) is 11.6 Å². The minimum absolute atomic E-state index is 0.108. The molecule has 1 aliphatic rings. The monoisotopic (exact) mass is 486 g/mol. The fraction of sp³-hybridized carbons (Fsp3) is 0.160. The lowest BCUT2D eigenvalue weighted by atomic mass is 9.85. The van der Waals surface area contributed by atoms with E-state index in [1.54, 1.807) is 24.3 Å². The Kier molecular flexibility index (Phi) is 7.41. The summed E-state index contributed by atoms with van der Waals surface area (Å²) < 4.78 is 5.50. The molecule has 0 spiro atoms. The van der Waals surface area contributed by atoms with Crippen LogP contribution in [0.2, 0.25) is 10.0 Å². The van der Waals surface area contributed by atoms with E-state index in [0.717, 1.165) is 29.9 Å². The molecule has 1 atom stereocenters. The van der Waals surface area contributed by atoms with Crippen molar-refractivity contribution in [3.8, 4) is 11.5 Å². The van der Waals surface area contributed by atoms with Gasteiger partial charge in [0.05, 0.1) is 11.1 Å². The highest BCUT2D eigenvalue weighted by Gasteiger charge is 2.35. The summed E-state index contributed by atoms with van der Waals surface area (Å²) in [6.07, 6.45) is 4.31. The molecule has 0 bridgehead atoms. The standard InChI is InChI=1S/C25H20Cl2O6/c1-13(2)6-10-21(33-22(31)11-7-14-16(26)4-3-5-17(14)27)15-12-20(30)23-18(28)8-9-19(29)24(23)25(15)32/h3-9,11-12,21,28-29H,10H2,1-2H3/b11-7+/t21-/m1/s1. The first kappa shape index (κ1) is 24.3. The molecular formula is C25H20Cl2O6. The summed E-state index contributed by atoms with van der Waals surface area (Å²) in [7, 11) is 0. The van der Waals surface area contributed by atoms with Gasteiger partial charge in [-0.2, -0.15) is 0 Å². The van der Waals surface area contributed by atoms with Crippen LogP contribution >= 0.6 is 23.2 Å². The number of fused-ring (bicyclic) bond motifs is 1. The molecule has 0 fully saturated rings. The number of hydrogen-bond acceptors (Lipinski definition) is 6. The molecule has 2 aromatic carbocycles. The van der Waals surface area contributed by atoms with Gasteiger partial charge in [0.2, 0.25) is 0 Å². The minimum atomic E-state index is -1.11. The highest BCUT2D eigenvalue weighted by molar-refractivity contribution is 6.37. The molecule has 0 radical (unpaired) electrons. The van der Waals surface area contributed by atoms with Crippen molar-refractivity contribution in [2.45, 2.75) is 26.4 Å². The van der Waals surface area contributed by atoms with E-state index in [4.69, 9.17) is 27.9 Å². The number of carbonyl (C=O) groups excluding carboxylic acids is 3. The number of ether oxygens (including phenoxy) is 1. The smallest absolute Gasteiger partial charge is 0.331 e. The van der Waals surface area contributed by atoms with Gasteiger partial charge in [0, 0.05) is 33.7 Å². The van der Waals surface area contributed by atoms with Crippen molar-refractivity contribution in [3.05, 3.63) is 86.4 Å². The third-order valence-corrected chi connectivity index (χ3v) is 5.57. The number of ketones is 2. The predicted molar refractivity (Wildman–Crippen MR) is 126 cm³/mol. The predicted octanol–water partition coefficient (Wildman–Crippen LogP) is 5.69. The molecule has 33 heavy (non-hydrogen) atoms. The summed E-state index contributed by atoms with van der Waals surface area (Å²) in [6.45, 7) is 3.67. The van der Waals surface area contributed by atoms with E-state index in [1.807, 2.05) is 13.8 Å². The van der Waals surface area contributed by atoms with Gasteiger partial charge in [-0.3, -0.25) is 9.59 Å². The number of Topliss-reactive ketones (excluding diaryl/α,β-unsaturated/α-hetero) is 1. The Morgan fingerprint density at radius 1 is 1.03 bits per heavy atom. The number of phenols is 2. The van der Waals surface area contributed by atoms with Crippen molar-refractivity contribution in [1.29, 1.82) is 0 Å². The van der Waals surface area contributed by atoms with Crippen LogP contribution in [0.1, 0.15) is 46.5 Å². The van der Waals surface area contributed by atoms with Gasteiger partial charge in [-0.05, 0) is 50.3 Å². The van der Waals surface area contributed by atoms with Crippen LogP contribution in [0.5, 0.6) is 11.5 Å². The van der Waals surface area contributed by atoms with E-state index >= 15 is 0 Å². The number of benzene rings is 2. The molecule has 6 nitrogen and oxygen atoms in total. The Labute approximate surface area is 200 Å². The number of phenolic OH excluding ortho intramolecular Hbond substituents is 2. The van der Waals surface area contributed by atoms with Crippen LogP contribution in [0, 0.1) is 0 Å². The number of esters is 1. The molecule has 2 aromatic rings. The summed E-state index contributed by atoms with van der Waals surface area (Å²) in [5.41, 5.74) is 0.614. The third kappa shape index (κ3) is 5.35. The second-order valence-corrected chi connectivity index (χ2v) is 8.37. The molecule has 3 rings (SSSR count). The van der Waals surface area contributed by atoms with E-state index in [9.17, 15) is 24.6 Å². The average Bonchev–Trinajstić information content (AvgIpc) is 2.75. The topological polar surface area (TPSA) is 101 Å². The van der Waals surface area contributed by atoms with Gasteiger partial charge in [-0.15, -0.1) is 0 Å². The molecule has 170 valence electrons. The molecular weight excluding hydrogens is 467 g/mol. The van der Waals surface area contributed by atoms with Crippen molar-refractivity contribution in [2.24, 2.45) is 0 Å². The Hall–Kier alpha value is -3.35. The first-order chi connectivity index (χ1) is 15.6. The van der Waals surface area contributed by atoms with Gasteiger partial charge in [0.1, 0.15) is 17.6 Å². The van der Waals surface area contributed by atoms with Crippen molar-refractivity contribution in [1.82, 2.24) is 0 Å². The highest BCUT2D eigenvalue weighted by Crippen LogP contribution is 2.36. The van der Waals surface area contributed by atoms with Crippen LogP contribution in [0.15, 0.2) is 59.7 Å². The summed E-state index contributed by atoms with van der Waals surface area (Å²) in [5.74, 6) is -3.05. The van der Waals surface area contributed by atoms with Gasteiger partial charge < -0.3 is 14.9 Å². The Morgan fingerprint density at radius 3 is 2.24 bits per heavy atom. The fourth-order valence-corrected chi connectivity index (χ4v) is 3.83. The van der Waals surface area contributed by atoms with Crippen LogP contribution in [0.4, 0.5) is 0 Å². The first-order valence-electron chi connectivity index (χ1n) is 9.91. The lowest BCUT2D eigenvalue weighted by molar-refractivity contribution is -0.140. The van der Waals surface area contributed by atoms with Crippen LogP contribution < -0.4 is 0 Å². The maximum Gasteiger partial charge on any atom is 0.331 e. The van der Waals surface area contributed by atoms with Gasteiger partial charge in [0.25, 0.3) is 0 Å². The first-order valence-corrected chi connectivity index (χ1v) is 10.7. The van der Waals surface area contributed by atoms with Crippen LogP contribution in [0.3, 0.4) is 0 Å². The summed E-state index contributed by atoms with van der Waals surface area (Å²) >= 11 is 12.2. The van der Waals surface area contributed by atoms with Crippen molar-refractivity contribution >= 4 is 46.8 Å². The third-order valence-electron chi connectivity index (χ3n) is 4.91. The summed E-state index contributed by atoms with van der Waals surface area (Å²) in [6, 6.07) is 7.15. The molecule has 0 saturated heterocycles. The zero-order valence-corrected chi connectivity index (χ0v) is 19.3. The summed E-state index contributed by atoms with van der Waals surface area (Å²) in [5, 5.41) is 20.8. The highest BCUT2D eigenvalue weighted by atomic mass is 35.5. The SMILES string of the molecule is CC(C)=CC[C@@H](OC(=O)/C=C/c1c(Cl)cccc1Cl)C1=CC(=O)c2c(O)ccc(O)c2C1=O. The Bertz CT molecular complexity index is 1220. The molecule has 2 N–H and O–H groups in total. The molecule has 0 heterocycles. The molecule has 1 aliphatic carbocycles. The van der Waals surface area contributed by atoms with E-state index in [1.165, 1.54) is 6.08 Å². The molecule has 0 amide bonds. The largest absolute Gasteiger partial charge is 0.507 e. The number of hydrogen-bond donors (Lipinski definition) is 2. The number of rotatable bonds is 6. The second-order valence-electron chi connectivity index (χ2n) is 7.56.